The van der Waals surface area contributed by atoms with E-state index in [1.165, 1.54) is 0 Å². The van der Waals surface area contributed by atoms with Crippen LogP contribution in [-0.2, 0) is 6.42 Å². The van der Waals surface area contributed by atoms with Gasteiger partial charge in [0.25, 0.3) is 5.91 Å². The van der Waals surface area contributed by atoms with Gasteiger partial charge in [-0.25, -0.2) is 0 Å². The number of hydrogen-bond donors (Lipinski definition) is 2. The molecule has 0 atom stereocenters. The number of rotatable bonds is 7. The van der Waals surface area contributed by atoms with Crippen LogP contribution in [-0.4, -0.2) is 42.2 Å². The van der Waals surface area contributed by atoms with Crippen LogP contribution in [0.2, 0.25) is 0 Å². The molecule has 100 valence electrons. The van der Waals surface area contributed by atoms with Crippen molar-refractivity contribution >= 4 is 5.91 Å². The van der Waals surface area contributed by atoms with Gasteiger partial charge in [0.2, 0.25) is 0 Å². The van der Waals surface area contributed by atoms with Gasteiger partial charge >= 0.3 is 0 Å². The monoisotopic (exact) mass is 250 g/mol. The molecule has 1 amide bonds. The molecule has 0 aliphatic rings. The Morgan fingerprint density at radius 2 is 2.22 bits per heavy atom. The first kappa shape index (κ1) is 14.7. The Kier molecular flexibility index (Phi) is 6.39. The van der Waals surface area contributed by atoms with Crippen molar-refractivity contribution in [2.75, 3.05) is 26.2 Å². The van der Waals surface area contributed by atoms with Gasteiger partial charge in [-0.15, -0.1) is 0 Å². The topological polar surface area (TPSA) is 66.6 Å². The minimum atomic E-state index is 0.0184. The lowest BCUT2D eigenvalue weighted by Gasteiger charge is -2.20. The van der Waals surface area contributed by atoms with E-state index in [0.29, 0.717) is 31.6 Å². The van der Waals surface area contributed by atoms with Gasteiger partial charge in [0.15, 0.2) is 0 Å². The molecule has 3 N–H and O–H groups in total. The van der Waals surface area contributed by atoms with Crippen LogP contribution in [0.3, 0.4) is 0 Å². The van der Waals surface area contributed by atoms with Crippen molar-refractivity contribution in [1.29, 1.82) is 0 Å². The number of nitrogens with zero attached hydrogens (tertiary/aromatic N) is 1. The third-order valence-corrected chi connectivity index (χ3v) is 2.86. The molecule has 1 aromatic carbocycles. The lowest BCUT2D eigenvalue weighted by Crippen LogP contribution is -2.32. The van der Waals surface area contributed by atoms with Crippen molar-refractivity contribution in [1.82, 2.24) is 4.90 Å². The Labute approximate surface area is 108 Å². The van der Waals surface area contributed by atoms with E-state index in [1.807, 2.05) is 31.2 Å². The molecule has 4 heteroatoms. The van der Waals surface area contributed by atoms with Crippen LogP contribution in [0.4, 0.5) is 0 Å². The van der Waals surface area contributed by atoms with E-state index in [4.69, 9.17) is 10.8 Å². The summed E-state index contributed by atoms with van der Waals surface area (Å²) in [5.41, 5.74) is 7.30. The number of benzene rings is 1. The van der Waals surface area contributed by atoms with Crippen molar-refractivity contribution in [2.45, 2.75) is 19.8 Å². The van der Waals surface area contributed by atoms with Crippen molar-refractivity contribution in [3.8, 4) is 0 Å². The minimum Gasteiger partial charge on any atom is -0.396 e. The molecule has 18 heavy (non-hydrogen) atoms. The third-order valence-electron chi connectivity index (χ3n) is 2.86. The van der Waals surface area contributed by atoms with Gasteiger partial charge in [-0.3, -0.25) is 4.79 Å². The van der Waals surface area contributed by atoms with Crippen LogP contribution in [0, 0.1) is 0 Å². The number of aliphatic hydroxyl groups excluding tert-OH is 1. The van der Waals surface area contributed by atoms with Crippen LogP contribution in [0.25, 0.3) is 0 Å². The minimum absolute atomic E-state index is 0.0184. The summed E-state index contributed by atoms with van der Waals surface area (Å²) < 4.78 is 0. The second-order valence-electron chi connectivity index (χ2n) is 4.20. The van der Waals surface area contributed by atoms with Crippen molar-refractivity contribution in [3.63, 3.8) is 0 Å². The summed E-state index contributed by atoms with van der Waals surface area (Å²) in [7, 11) is 0. The summed E-state index contributed by atoms with van der Waals surface area (Å²) in [5.74, 6) is 0.0184. The van der Waals surface area contributed by atoms with E-state index in [0.717, 1.165) is 12.0 Å². The van der Waals surface area contributed by atoms with Crippen LogP contribution in [0.5, 0.6) is 0 Å². The molecule has 0 radical (unpaired) electrons. The molecule has 0 aromatic heterocycles. The maximum absolute atomic E-state index is 12.3. The first-order valence-corrected chi connectivity index (χ1v) is 6.42. The summed E-state index contributed by atoms with van der Waals surface area (Å²) in [6, 6.07) is 7.59. The molecule has 0 saturated heterocycles. The van der Waals surface area contributed by atoms with Crippen LogP contribution < -0.4 is 5.73 Å². The quantitative estimate of drug-likeness (QED) is 0.759. The molecular weight excluding hydrogens is 228 g/mol. The largest absolute Gasteiger partial charge is 0.396 e. The van der Waals surface area contributed by atoms with E-state index >= 15 is 0 Å². The fourth-order valence-corrected chi connectivity index (χ4v) is 1.87. The van der Waals surface area contributed by atoms with Crippen LogP contribution in [0.15, 0.2) is 24.3 Å². The maximum atomic E-state index is 12.3. The van der Waals surface area contributed by atoms with Gasteiger partial charge in [-0.05, 0) is 44.0 Å². The van der Waals surface area contributed by atoms with E-state index in [2.05, 4.69) is 0 Å². The first-order valence-electron chi connectivity index (χ1n) is 6.42. The van der Waals surface area contributed by atoms with Gasteiger partial charge in [-0.1, -0.05) is 12.1 Å². The maximum Gasteiger partial charge on any atom is 0.253 e. The summed E-state index contributed by atoms with van der Waals surface area (Å²) >= 11 is 0. The molecule has 0 aliphatic heterocycles. The average Bonchev–Trinajstić information content (AvgIpc) is 2.40. The zero-order chi connectivity index (χ0) is 13.4. The van der Waals surface area contributed by atoms with E-state index in [9.17, 15) is 4.79 Å². The van der Waals surface area contributed by atoms with Gasteiger partial charge in [0.05, 0.1) is 0 Å². The zero-order valence-electron chi connectivity index (χ0n) is 10.9. The average molecular weight is 250 g/mol. The summed E-state index contributed by atoms with van der Waals surface area (Å²) in [5, 5.41) is 8.83. The Morgan fingerprint density at radius 1 is 1.44 bits per heavy atom. The normalized spacial score (nSPS) is 10.4. The van der Waals surface area contributed by atoms with E-state index in [1.54, 1.807) is 4.90 Å². The highest BCUT2D eigenvalue weighted by Crippen LogP contribution is 2.09. The van der Waals surface area contributed by atoms with Gasteiger partial charge in [0, 0.05) is 25.3 Å². The highest BCUT2D eigenvalue weighted by molar-refractivity contribution is 5.94. The van der Waals surface area contributed by atoms with Gasteiger partial charge in [-0.2, -0.15) is 0 Å². The Hall–Kier alpha value is -1.39. The Balaban J connectivity index is 2.77. The predicted octanol–water partition coefficient (Wildman–Crippen LogP) is 1.03. The molecule has 0 spiro atoms. The van der Waals surface area contributed by atoms with Crippen molar-refractivity contribution in [2.24, 2.45) is 5.73 Å². The standard InChI is InChI=1S/C14H22N2O2/c1-2-16(9-4-10-17)14(18)13-6-3-5-12(11-13)7-8-15/h3,5-6,11,17H,2,4,7-10,15H2,1H3. The Morgan fingerprint density at radius 3 is 2.83 bits per heavy atom. The molecular formula is C14H22N2O2. The van der Waals surface area contributed by atoms with Gasteiger partial charge < -0.3 is 15.7 Å². The third kappa shape index (κ3) is 4.13. The summed E-state index contributed by atoms with van der Waals surface area (Å²) in [4.78, 5) is 14.0. The number of amides is 1. The summed E-state index contributed by atoms with van der Waals surface area (Å²) in [6.07, 6.45) is 1.39. The van der Waals surface area contributed by atoms with E-state index < -0.39 is 0 Å². The smallest absolute Gasteiger partial charge is 0.253 e. The molecule has 0 aliphatic carbocycles. The molecule has 4 nitrogen and oxygen atoms in total. The molecule has 0 fully saturated rings. The highest BCUT2D eigenvalue weighted by Gasteiger charge is 2.13. The fourth-order valence-electron chi connectivity index (χ4n) is 1.87. The van der Waals surface area contributed by atoms with Crippen LogP contribution >= 0.6 is 0 Å². The number of hydrogen-bond acceptors (Lipinski definition) is 3. The molecule has 1 aromatic rings. The number of aliphatic hydroxyl groups is 1. The molecule has 0 bridgehead atoms. The second kappa shape index (κ2) is 7.84. The molecule has 0 heterocycles. The number of carbonyl (C=O) groups is 1. The second-order valence-corrected chi connectivity index (χ2v) is 4.20. The molecule has 0 saturated carbocycles. The number of nitrogens with two attached hydrogens (primary N) is 1. The van der Waals surface area contributed by atoms with Crippen molar-refractivity contribution in [3.05, 3.63) is 35.4 Å². The SMILES string of the molecule is CCN(CCCO)C(=O)c1cccc(CCN)c1. The van der Waals surface area contributed by atoms with Crippen molar-refractivity contribution < 1.29 is 9.90 Å². The zero-order valence-corrected chi connectivity index (χ0v) is 10.9. The predicted molar refractivity (Wildman–Crippen MR) is 72.5 cm³/mol. The molecule has 1 rings (SSSR count). The van der Waals surface area contributed by atoms with E-state index in [-0.39, 0.29) is 12.5 Å². The Bertz CT molecular complexity index is 380. The van der Waals surface area contributed by atoms with Gasteiger partial charge in [0.1, 0.15) is 0 Å². The lowest BCUT2D eigenvalue weighted by atomic mass is 10.1. The summed E-state index contributed by atoms with van der Waals surface area (Å²) in [6.45, 7) is 3.88. The fraction of sp³-hybridized carbons (Fsp3) is 0.500. The number of carbonyl (C=O) groups excluding carboxylic acids is 1. The highest BCUT2D eigenvalue weighted by atomic mass is 16.3. The first-order chi connectivity index (χ1) is 8.72. The van der Waals surface area contributed by atoms with Crippen LogP contribution in [0.1, 0.15) is 29.3 Å². The molecule has 0 unspecified atom stereocenters. The lowest BCUT2D eigenvalue weighted by molar-refractivity contribution is 0.0754.